The minimum atomic E-state index is -4.16. The largest absolute Gasteiger partial charge is 0.489 e. The van der Waals surface area contributed by atoms with E-state index in [0.29, 0.717) is 36.2 Å². The Morgan fingerprint density at radius 3 is 2.37 bits per heavy atom. The van der Waals surface area contributed by atoms with Gasteiger partial charge in [0.2, 0.25) is 0 Å². The predicted molar refractivity (Wildman–Crippen MR) is 138 cm³/mol. The van der Waals surface area contributed by atoms with Crippen molar-refractivity contribution in [1.82, 2.24) is 4.90 Å². The molecule has 0 radical (unpaired) electrons. The van der Waals surface area contributed by atoms with Crippen LogP contribution in [0.3, 0.4) is 0 Å². The minimum absolute atomic E-state index is 0.0590. The van der Waals surface area contributed by atoms with Crippen LogP contribution in [0.25, 0.3) is 10.8 Å². The fourth-order valence-corrected chi connectivity index (χ4v) is 6.91. The van der Waals surface area contributed by atoms with Gasteiger partial charge in [-0.05, 0) is 93.8 Å². The highest BCUT2D eigenvalue weighted by Crippen LogP contribution is 2.40. The van der Waals surface area contributed by atoms with E-state index in [1.807, 2.05) is 18.2 Å². The van der Waals surface area contributed by atoms with Crippen LogP contribution in [-0.2, 0) is 11.2 Å². The number of nitriles is 1. The zero-order valence-electron chi connectivity index (χ0n) is 21.6. The van der Waals surface area contributed by atoms with Crippen LogP contribution in [-0.4, -0.2) is 46.9 Å². The Morgan fingerprint density at radius 1 is 1.05 bits per heavy atom. The average molecular weight is 529 g/mol. The van der Waals surface area contributed by atoms with Crippen LogP contribution in [0.15, 0.2) is 30.3 Å². The summed E-state index contributed by atoms with van der Waals surface area (Å²) < 4.78 is 45.1. The fraction of sp³-hybridized carbons (Fsp3) is 0.600. The van der Waals surface area contributed by atoms with Crippen molar-refractivity contribution >= 4 is 16.7 Å². The van der Waals surface area contributed by atoms with Gasteiger partial charge in [-0.3, -0.25) is 9.69 Å². The molecule has 2 aliphatic heterocycles. The molecule has 1 N–H and O–H groups in total. The third-order valence-electron chi connectivity index (χ3n) is 8.95. The van der Waals surface area contributed by atoms with Gasteiger partial charge in [0.05, 0.1) is 17.9 Å². The van der Waals surface area contributed by atoms with Gasteiger partial charge < -0.3 is 9.84 Å². The van der Waals surface area contributed by atoms with Gasteiger partial charge >= 0.3 is 12.1 Å². The maximum atomic E-state index is 13.0. The lowest BCUT2D eigenvalue weighted by molar-refractivity contribution is -0.185. The van der Waals surface area contributed by atoms with E-state index >= 15 is 0 Å². The van der Waals surface area contributed by atoms with Crippen molar-refractivity contribution in [2.75, 3.05) is 6.54 Å². The molecular weight excluding hydrogens is 493 g/mol. The number of benzene rings is 2. The van der Waals surface area contributed by atoms with Crippen LogP contribution in [0.5, 0.6) is 5.75 Å². The molecule has 2 saturated heterocycles. The van der Waals surface area contributed by atoms with Crippen molar-refractivity contribution in [1.29, 1.82) is 5.26 Å². The number of hydrogen-bond donors (Lipinski definition) is 1. The van der Waals surface area contributed by atoms with E-state index in [4.69, 9.17) is 4.74 Å². The molecule has 38 heavy (non-hydrogen) atoms. The number of piperidine rings is 2. The first kappa shape index (κ1) is 26.8. The van der Waals surface area contributed by atoms with Gasteiger partial charge in [0.15, 0.2) is 0 Å². The van der Waals surface area contributed by atoms with E-state index in [2.05, 4.69) is 17.0 Å². The maximum absolute atomic E-state index is 13.0. The van der Waals surface area contributed by atoms with Crippen molar-refractivity contribution < 1.29 is 27.8 Å². The molecule has 204 valence electrons. The fourth-order valence-electron chi connectivity index (χ4n) is 6.91. The Labute approximate surface area is 221 Å². The number of rotatable bonds is 7. The van der Waals surface area contributed by atoms with Crippen LogP contribution in [0.1, 0.15) is 75.3 Å². The lowest BCUT2D eigenvalue weighted by Crippen LogP contribution is -2.53. The second kappa shape index (κ2) is 11.1. The van der Waals surface area contributed by atoms with Gasteiger partial charge in [0, 0.05) is 17.5 Å². The van der Waals surface area contributed by atoms with E-state index in [0.717, 1.165) is 61.4 Å². The maximum Gasteiger partial charge on any atom is 0.391 e. The molecule has 2 heterocycles. The van der Waals surface area contributed by atoms with Crippen molar-refractivity contribution in [3.05, 3.63) is 41.5 Å². The zero-order valence-corrected chi connectivity index (χ0v) is 21.6. The second-order valence-corrected chi connectivity index (χ2v) is 11.3. The van der Waals surface area contributed by atoms with Gasteiger partial charge in [0.25, 0.3) is 0 Å². The van der Waals surface area contributed by atoms with E-state index in [9.17, 15) is 28.3 Å². The Balaban J connectivity index is 1.23. The molecule has 8 heteroatoms. The van der Waals surface area contributed by atoms with Crippen LogP contribution in [0.2, 0.25) is 0 Å². The summed E-state index contributed by atoms with van der Waals surface area (Å²) in [5.74, 6) is -1.70. The first-order valence-corrected chi connectivity index (χ1v) is 13.9. The van der Waals surface area contributed by atoms with Gasteiger partial charge in [-0.25, -0.2) is 0 Å². The number of carboxylic acid groups (broad SMARTS) is 1. The van der Waals surface area contributed by atoms with Gasteiger partial charge in [-0.15, -0.1) is 0 Å². The summed E-state index contributed by atoms with van der Waals surface area (Å²) in [6.45, 7) is 0.939. The highest BCUT2D eigenvalue weighted by Gasteiger charge is 2.42. The molecule has 0 aromatic heterocycles. The predicted octanol–water partition coefficient (Wildman–Crippen LogP) is 6.86. The molecule has 2 unspecified atom stereocenters. The number of aryl methyl sites for hydroxylation is 1. The molecule has 5 nitrogen and oxygen atoms in total. The molecule has 2 bridgehead atoms. The molecule has 3 aliphatic rings. The van der Waals surface area contributed by atoms with Crippen molar-refractivity contribution in [2.24, 2.45) is 11.8 Å². The quantitative estimate of drug-likeness (QED) is 0.425. The van der Waals surface area contributed by atoms with E-state index in [1.165, 1.54) is 6.42 Å². The summed E-state index contributed by atoms with van der Waals surface area (Å²) in [5, 5.41) is 21.2. The molecule has 2 atom stereocenters. The highest BCUT2D eigenvalue weighted by atomic mass is 19.4. The van der Waals surface area contributed by atoms with E-state index in [-0.39, 0.29) is 24.9 Å². The number of carboxylic acids is 1. The number of aliphatic carboxylic acids is 1. The first-order valence-electron chi connectivity index (χ1n) is 13.9. The Bertz CT molecular complexity index is 1190. The standard InChI is InChI=1S/C30H35F3N2O3/c31-30(32,33)22-9-11-25(12-10-22)38-28-13-8-20-7-6-19(15-26(20)27(28)18-34)3-2-14-35-23-4-1-5-24(35)17-21(16-23)29(36)37/h6-8,13,15,21-25H,1-5,9-12,14,16-17H2,(H,36,37). The number of hydrogen-bond acceptors (Lipinski definition) is 4. The number of ether oxygens (including phenoxy) is 1. The molecule has 2 aromatic carbocycles. The van der Waals surface area contributed by atoms with Gasteiger partial charge in [0.1, 0.15) is 17.4 Å². The lowest BCUT2D eigenvalue weighted by Gasteiger charge is -2.48. The Hall–Kier alpha value is -2.79. The molecule has 5 rings (SSSR count). The number of fused-ring (bicyclic) bond motifs is 3. The van der Waals surface area contributed by atoms with Crippen molar-refractivity contribution in [3.8, 4) is 11.8 Å². The number of halogens is 3. The van der Waals surface area contributed by atoms with Crippen molar-refractivity contribution in [3.63, 3.8) is 0 Å². The summed E-state index contributed by atoms with van der Waals surface area (Å²) in [6, 6.07) is 12.8. The third kappa shape index (κ3) is 5.78. The summed E-state index contributed by atoms with van der Waals surface area (Å²) in [4.78, 5) is 14.1. The van der Waals surface area contributed by atoms with Crippen LogP contribution < -0.4 is 4.74 Å². The zero-order chi connectivity index (χ0) is 26.9. The Morgan fingerprint density at radius 2 is 1.74 bits per heavy atom. The summed E-state index contributed by atoms with van der Waals surface area (Å²) >= 11 is 0. The topological polar surface area (TPSA) is 73.6 Å². The molecule has 1 aliphatic carbocycles. The van der Waals surface area contributed by atoms with Gasteiger partial charge in [-0.1, -0.05) is 24.6 Å². The lowest BCUT2D eigenvalue weighted by atomic mass is 9.78. The summed E-state index contributed by atoms with van der Waals surface area (Å²) in [6.07, 6.45) is 2.93. The highest BCUT2D eigenvalue weighted by molar-refractivity contribution is 5.90. The van der Waals surface area contributed by atoms with E-state index < -0.39 is 18.1 Å². The molecule has 1 saturated carbocycles. The SMILES string of the molecule is N#Cc1c(OC2CCC(C(F)(F)F)CC2)ccc2ccc(CCCN3C4CCCC3CC(C(=O)O)C4)cc12. The van der Waals surface area contributed by atoms with E-state index in [1.54, 1.807) is 6.07 Å². The third-order valence-corrected chi connectivity index (χ3v) is 8.95. The number of nitrogens with zero attached hydrogens (tertiary/aromatic N) is 2. The van der Waals surface area contributed by atoms with Crippen molar-refractivity contribution in [2.45, 2.75) is 95.0 Å². The summed E-state index contributed by atoms with van der Waals surface area (Å²) in [7, 11) is 0. The molecule has 0 spiro atoms. The molecule has 0 amide bonds. The summed E-state index contributed by atoms with van der Waals surface area (Å²) in [5.41, 5.74) is 1.56. The minimum Gasteiger partial charge on any atom is -0.489 e. The van der Waals surface area contributed by atoms with Crippen LogP contribution >= 0.6 is 0 Å². The normalized spacial score (nSPS) is 28.1. The van der Waals surface area contributed by atoms with Crippen LogP contribution in [0.4, 0.5) is 13.2 Å². The number of carbonyl (C=O) groups is 1. The molecule has 3 fully saturated rings. The monoisotopic (exact) mass is 528 g/mol. The molecule has 2 aromatic rings. The second-order valence-electron chi connectivity index (χ2n) is 11.3. The van der Waals surface area contributed by atoms with Crippen LogP contribution in [0, 0.1) is 23.2 Å². The average Bonchev–Trinajstić information content (AvgIpc) is 2.88. The first-order chi connectivity index (χ1) is 18.2. The smallest absolute Gasteiger partial charge is 0.391 e. The van der Waals surface area contributed by atoms with Gasteiger partial charge in [-0.2, -0.15) is 18.4 Å². The number of alkyl halides is 3. The Kier molecular flexibility index (Phi) is 7.85. The molecular formula is C30H35F3N2O3.